The third-order valence-corrected chi connectivity index (χ3v) is 1.62. The van der Waals surface area contributed by atoms with E-state index >= 15 is 0 Å². The van der Waals surface area contributed by atoms with Crippen molar-refractivity contribution in [2.45, 2.75) is 25.1 Å². The summed E-state index contributed by atoms with van der Waals surface area (Å²) < 4.78 is 12.5. The second-order valence-corrected chi connectivity index (χ2v) is 2.59. The zero-order chi connectivity index (χ0) is 6.69. The third kappa shape index (κ3) is 2.28. The van der Waals surface area contributed by atoms with Gasteiger partial charge in [0.2, 0.25) is 0 Å². The van der Waals surface area contributed by atoms with Gasteiger partial charge < -0.3 is 11.1 Å². The molecule has 9 heavy (non-hydrogen) atoms. The van der Waals surface area contributed by atoms with E-state index in [0.717, 1.165) is 13.0 Å². The van der Waals surface area contributed by atoms with Gasteiger partial charge in [-0.25, -0.2) is 4.39 Å². The molecule has 1 unspecified atom stereocenters. The summed E-state index contributed by atoms with van der Waals surface area (Å²) >= 11 is 0. The van der Waals surface area contributed by atoms with Gasteiger partial charge in [-0.15, -0.1) is 0 Å². The quantitative estimate of drug-likeness (QED) is 0.488. The molecule has 1 rings (SSSR count). The fourth-order valence-electron chi connectivity index (χ4n) is 1.02. The molecule has 0 bridgehead atoms. The Labute approximate surface area is 54.6 Å². The van der Waals surface area contributed by atoms with Gasteiger partial charge in [-0.05, 0) is 12.8 Å². The van der Waals surface area contributed by atoms with Crippen LogP contribution in [0.1, 0.15) is 12.8 Å². The van der Waals surface area contributed by atoms with Gasteiger partial charge >= 0.3 is 0 Å². The van der Waals surface area contributed by atoms with E-state index in [-0.39, 0.29) is 6.04 Å². The summed E-state index contributed by atoms with van der Waals surface area (Å²) in [7, 11) is 0. The zero-order valence-electron chi connectivity index (χ0n) is 5.44. The van der Waals surface area contributed by atoms with Crippen LogP contribution in [0.2, 0.25) is 0 Å². The molecule has 1 saturated heterocycles. The van der Waals surface area contributed by atoms with Crippen LogP contribution in [-0.2, 0) is 0 Å². The highest BCUT2D eigenvalue weighted by Gasteiger charge is 2.13. The molecule has 0 saturated carbocycles. The molecule has 0 spiro atoms. The first-order chi connectivity index (χ1) is 4.29. The number of halogens is 1. The predicted octanol–water partition coefficient (Wildman–Crippen LogP) is 0.0352. The van der Waals surface area contributed by atoms with Crippen molar-refractivity contribution in [2.24, 2.45) is 5.73 Å². The number of rotatable bonds is 0. The lowest BCUT2D eigenvalue weighted by Crippen LogP contribution is -2.32. The third-order valence-electron chi connectivity index (χ3n) is 1.62. The van der Waals surface area contributed by atoms with Crippen LogP contribution in [0.4, 0.5) is 4.39 Å². The zero-order valence-corrected chi connectivity index (χ0v) is 5.44. The molecule has 2 nitrogen and oxygen atoms in total. The Balaban J connectivity index is 2.25. The molecule has 1 fully saturated rings. The highest BCUT2D eigenvalue weighted by Crippen LogP contribution is 2.05. The number of hydrogen-bond acceptors (Lipinski definition) is 2. The molecule has 3 N–H and O–H groups in total. The minimum absolute atomic E-state index is 0.158. The maximum absolute atomic E-state index is 12.5. The molecule has 0 aromatic carbocycles. The second kappa shape index (κ2) is 3.13. The Hall–Kier alpha value is -0.150. The van der Waals surface area contributed by atoms with Crippen LogP contribution in [0.25, 0.3) is 0 Å². The van der Waals surface area contributed by atoms with E-state index in [1.54, 1.807) is 0 Å². The van der Waals surface area contributed by atoms with Crippen LogP contribution in [0.5, 0.6) is 0 Å². The van der Waals surface area contributed by atoms with Crippen molar-refractivity contribution in [2.75, 3.05) is 13.1 Å². The van der Waals surface area contributed by atoms with Gasteiger partial charge in [0.05, 0.1) is 0 Å². The van der Waals surface area contributed by atoms with Crippen molar-refractivity contribution in [1.82, 2.24) is 5.32 Å². The van der Waals surface area contributed by atoms with Gasteiger partial charge in [0.1, 0.15) is 6.17 Å². The van der Waals surface area contributed by atoms with Gasteiger partial charge in [-0.2, -0.15) is 0 Å². The lowest BCUT2D eigenvalue weighted by Gasteiger charge is -2.04. The fourth-order valence-corrected chi connectivity index (χ4v) is 1.02. The van der Waals surface area contributed by atoms with Crippen molar-refractivity contribution in [3.05, 3.63) is 0 Å². The topological polar surface area (TPSA) is 38.0 Å². The molecule has 0 amide bonds. The van der Waals surface area contributed by atoms with Crippen molar-refractivity contribution >= 4 is 0 Å². The fraction of sp³-hybridized carbons (Fsp3) is 1.00. The summed E-state index contributed by atoms with van der Waals surface area (Å²) in [6, 6.07) is 0.158. The summed E-state index contributed by atoms with van der Waals surface area (Å²) in [5.41, 5.74) is 5.57. The molecular formula is C6H13FN2. The lowest BCUT2D eigenvalue weighted by molar-refractivity contribution is 0.313. The van der Waals surface area contributed by atoms with Crippen LogP contribution in [0.3, 0.4) is 0 Å². The Morgan fingerprint density at radius 1 is 1.33 bits per heavy atom. The number of hydrogen-bond donors (Lipinski definition) is 2. The van der Waals surface area contributed by atoms with E-state index in [4.69, 9.17) is 5.73 Å². The molecule has 0 radical (unpaired) electrons. The summed E-state index contributed by atoms with van der Waals surface area (Å²) in [6.45, 7) is 1.24. The largest absolute Gasteiger partial charge is 0.327 e. The molecule has 1 aliphatic heterocycles. The van der Waals surface area contributed by atoms with E-state index < -0.39 is 6.17 Å². The van der Waals surface area contributed by atoms with E-state index in [0.29, 0.717) is 13.0 Å². The molecule has 3 heteroatoms. The van der Waals surface area contributed by atoms with Crippen LogP contribution in [-0.4, -0.2) is 25.3 Å². The number of alkyl halides is 1. The van der Waals surface area contributed by atoms with Gasteiger partial charge in [-0.1, -0.05) is 0 Å². The van der Waals surface area contributed by atoms with Gasteiger partial charge in [0.25, 0.3) is 0 Å². The van der Waals surface area contributed by atoms with Crippen molar-refractivity contribution in [3.8, 4) is 0 Å². The standard InChI is InChI=1S/C6H13FN2/c7-5-1-2-6(8)4-9-3-5/h5-6,9H,1-4,8H2/t5?,6-/m0/s1. The first-order valence-electron chi connectivity index (χ1n) is 3.39. The van der Waals surface area contributed by atoms with E-state index in [9.17, 15) is 4.39 Å². The highest BCUT2D eigenvalue weighted by atomic mass is 19.1. The Morgan fingerprint density at radius 3 is 2.89 bits per heavy atom. The van der Waals surface area contributed by atoms with Crippen LogP contribution in [0, 0.1) is 0 Å². The Bertz CT molecular complexity index is 77.1. The molecule has 1 heterocycles. The van der Waals surface area contributed by atoms with Gasteiger partial charge in [0.15, 0.2) is 0 Å². The average Bonchev–Trinajstić information content (AvgIpc) is 1.97. The van der Waals surface area contributed by atoms with E-state index in [2.05, 4.69) is 5.32 Å². The van der Waals surface area contributed by atoms with E-state index in [1.807, 2.05) is 0 Å². The molecule has 0 aliphatic carbocycles. The summed E-state index contributed by atoms with van der Waals surface area (Å²) in [4.78, 5) is 0. The Kier molecular flexibility index (Phi) is 2.42. The monoisotopic (exact) mass is 132 g/mol. The SMILES string of the molecule is N[C@H]1CCC(F)CNC1. The summed E-state index contributed by atoms with van der Waals surface area (Å²) in [5.74, 6) is 0. The van der Waals surface area contributed by atoms with Crippen molar-refractivity contribution in [3.63, 3.8) is 0 Å². The van der Waals surface area contributed by atoms with Crippen LogP contribution in [0.15, 0.2) is 0 Å². The van der Waals surface area contributed by atoms with Gasteiger partial charge in [-0.3, -0.25) is 0 Å². The second-order valence-electron chi connectivity index (χ2n) is 2.59. The summed E-state index contributed by atoms with van der Waals surface area (Å²) in [6.07, 6.45) is 0.751. The molecule has 2 atom stereocenters. The summed E-state index contributed by atoms with van der Waals surface area (Å²) in [5, 5.41) is 2.95. The maximum Gasteiger partial charge on any atom is 0.113 e. The lowest BCUT2D eigenvalue weighted by atomic mass is 10.1. The predicted molar refractivity (Wildman–Crippen MR) is 35.0 cm³/mol. The van der Waals surface area contributed by atoms with Gasteiger partial charge in [0, 0.05) is 19.1 Å². The van der Waals surface area contributed by atoms with E-state index in [1.165, 1.54) is 0 Å². The average molecular weight is 132 g/mol. The first-order valence-corrected chi connectivity index (χ1v) is 3.39. The Morgan fingerprint density at radius 2 is 2.11 bits per heavy atom. The minimum atomic E-state index is -0.682. The molecule has 54 valence electrons. The smallest absolute Gasteiger partial charge is 0.113 e. The highest BCUT2D eigenvalue weighted by molar-refractivity contribution is 4.73. The normalized spacial score (nSPS) is 38.0. The van der Waals surface area contributed by atoms with Crippen LogP contribution >= 0.6 is 0 Å². The first kappa shape index (κ1) is 6.96. The molecule has 0 aromatic rings. The number of nitrogens with one attached hydrogen (secondary N) is 1. The van der Waals surface area contributed by atoms with Crippen molar-refractivity contribution in [1.29, 1.82) is 0 Å². The number of nitrogens with two attached hydrogens (primary N) is 1. The van der Waals surface area contributed by atoms with Crippen LogP contribution < -0.4 is 11.1 Å². The molecule has 0 aromatic heterocycles. The van der Waals surface area contributed by atoms with Crippen molar-refractivity contribution < 1.29 is 4.39 Å². The molecular weight excluding hydrogens is 119 g/mol. The minimum Gasteiger partial charge on any atom is -0.327 e. The maximum atomic E-state index is 12.5. The molecule has 1 aliphatic rings.